The number of likely N-dealkylation sites (tertiary alicyclic amines) is 1. The van der Waals surface area contributed by atoms with Crippen molar-refractivity contribution in [2.24, 2.45) is 5.92 Å². The number of carboxylic acids is 1. The molecular weight excluding hydrogens is 299 g/mol. The van der Waals surface area contributed by atoms with E-state index in [9.17, 15) is 19.1 Å². The molecular formula is C17H25FN2O3. The van der Waals surface area contributed by atoms with Crippen molar-refractivity contribution in [1.82, 2.24) is 9.47 Å². The number of alkyl halides is 1. The summed E-state index contributed by atoms with van der Waals surface area (Å²) in [6.07, 6.45) is 2.04. The van der Waals surface area contributed by atoms with E-state index in [-0.39, 0.29) is 11.5 Å². The Morgan fingerprint density at radius 2 is 2.09 bits per heavy atom. The molecule has 1 atom stereocenters. The molecule has 0 spiro atoms. The highest BCUT2D eigenvalue weighted by Gasteiger charge is 2.26. The number of rotatable bonds is 7. The van der Waals surface area contributed by atoms with Crippen molar-refractivity contribution in [2.75, 3.05) is 19.6 Å². The van der Waals surface area contributed by atoms with E-state index in [1.807, 2.05) is 25.7 Å². The maximum atomic E-state index is 12.9. The second-order valence-corrected chi connectivity index (χ2v) is 6.82. The van der Waals surface area contributed by atoms with Crippen LogP contribution in [0.25, 0.3) is 0 Å². The first-order valence-corrected chi connectivity index (χ1v) is 8.08. The van der Waals surface area contributed by atoms with Gasteiger partial charge in [-0.1, -0.05) is 13.8 Å². The topological polar surface area (TPSA) is 62.5 Å². The third-order valence-electron chi connectivity index (χ3n) is 4.32. The van der Waals surface area contributed by atoms with Gasteiger partial charge in [-0.3, -0.25) is 9.69 Å². The maximum absolute atomic E-state index is 12.9. The summed E-state index contributed by atoms with van der Waals surface area (Å²) in [5, 5.41) is 9.45. The number of carboxylic acid groups (broad SMARTS) is 1. The van der Waals surface area contributed by atoms with Gasteiger partial charge in [-0.15, -0.1) is 0 Å². The Morgan fingerprint density at radius 3 is 2.61 bits per heavy atom. The van der Waals surface area contributed by atoms with Gasteiger partial charge in [-0.2, -0.15) is 0 Å². The fourth-order valence-corrected chi connectivity index (χ4v) is 2.94. The van der Waals surface area contributed by atoms with E-state index in [4.69, 9.17) is 0 Å². The van der Waals surface area contributed by atoms with Crippen LogP contribution in [0.15, 0.2) is 17.1 Å². The van der Waals surface area contributed by atoms with Crippen molar-refractivity contribution in [2.45, 2.75) is 45.8 Å². The fraction of sp³-hybridized carbons (Fsp3) is 0.647. The van der Waals surface area contributed by atoms with Crippen LogP contribution in [0, 0.1) is 12.8 Å². The molecule has 1 fully saturated rings. The van der Waals surface area contributed by atoms with Crippen molar-refractivity contribution in [3.63, 3.8) is 0 Å². The van der Waals surface area contributed by atoms with Crippen molar-refractivity contribution in [1.29, 1.82) is 0 Å². The molecule has 1 unspecified atom stereocenters. The summed E-state index contributed by atoms with van der Waals surface area (Å²) in [4.78, 5) is 25.8. The van der Waals surface area contributed by atoms with E-state index in [0.717, 1.165) is 17.7 Å². The SMILES string of the molecule is Cc1cc(=O)n(C(CC(C)C)C(=O)O)cc1CCN1CC(F)C1. The molecule has 0 aliphatic carbocycles. The number of aryl methyl sites for hydroxylation is 1. The smallest absolute Gasteiger partial charge is 0.326 e. The molecule has 128 valence electrons. The van der Waals surface area contributed by atoms with E-state index >= 15 is 0 Å². The highest BCUT2D eigenvalue weighted by atomic mass is 19.1. The molecule has 2 heterocycles. The summed E-state index contributed by atoms with van der Waals surface area (Å²) < 4.78 is 14.2. The predicted octanol–water partition coefficient (Wildman–Crippen LogP) is 2.02. The second-order valence-electron chi connectivity index (χ2n) is 6.82. The average Bonchev–Trinajstić information content (AvgIpc) is 2.41. The average molecular weight is 324 g/mol. The minimum atomic E-state index is -0.987. The molecule has 0 aromatic carbocycles. The Morgan fingerprint density at radius 1 is 1.43 bits per heavy atom. The third-order valence-corrected chi connectivity index (χ3v) is 4.32. The summed E-state index contributed by atoms with van der Waals surface area (Å²) in [6, 6.07) is 0.653. The molecule has 0 radical (unpaired) electrons. The minimum absolute atomic E-state index is 0.176. The summed E-state index contributed by atoms with van der Waals surface area (Å²) in [5.74, 6) is -0.811. The van der Waals surface area contributed by atoms with E-state index in [2.05, 4.69) is 0 Å². The molecule has 23 heavy (non-hydrogen) atoms. The summed E-state index contributed by atoms with van der Waals surface area (Å²) in [7, 11) is 0. The zero-order chi connectivity index (χ0) is 17.1. The second kappa shape index (κ2) is 7.25. The molecule has 0 saturated carbocycles. The maximum Gasteiger partial charge on any atom is 0.326 e. The molecule has 1 aromatic heterocycles. The fourth-order valence-electron chi connectivity index (χ4n) is 2.94. The number of hydrogen-bond acceptors (Lipinski definition) is 3. The van der Waals surface area contributed by atoms with Gasteiger partial charge in [-0.25, -0.2) is 9.18 Å². The Kier molecular flexibility index (Phi) is 5.57. The van der Waals surface area contributed by atoms with Gasteiger partial charge >= 0.3 is 5.97 Å². The van der Waals surface area contributed by atoms with E-state index < -0.39 is 18.2 Å². The normalized spacial score (nSPS) is 17.3. The van der Waals surface area contributed by atoms with Crippen LogP contribution in [-0.2, 0) is 11.2 Å². The van der Waals surface area contributed by atoms with Crippen LogP contribution >= 0.6 is 0 Å². The number of pyridine rings is 1. The van der Waals surface area contributed by atoms with Crippen LogP contribution in [-0.4, -0.2) is 46.3 Å². The zero-order valence-corrected chi connectivity index (χ0v) is 14.0. The van der Waals surface area contributed by atoms with Crippen LogP contribution in [0.4, 0.5) is 4.39 Å². The van der Waals surface area contributed by atoms with Crippen LogP contribution in [0.5, 0.6) is 0 Å². The highest BCUT2D eigenvalue weighted by molar-refractivity contribution is 5.71. The Balaban J connectivity index is 2.20. The van der Waals surface area contributed by atoms with Crippen LogP contribution in [0.2, 0.25) is 0 Å². The lowest BCUT2D eigenvalue weighted by Crippen LogP contribution is -2.49. The number of nitrogens with zero attached hydrogens (tertiary/aromatic N) is 2. The van der Waals surface area contributed by atoms with Gasteiger partial charge in [0.05, 0.1) is 0 Å². The molecule has 5 nitrogen and oxygen atoms in total. The van der Waals surface area contributed by atoms with Crippen molar-refractivity contribution >= 4 is 5.97 Å². The van der Waals surface area contributed by atoms with Crippen LogP contribution in [0.3, 0.4) is 0 Å². The van der Waals surface area contributed by atoms with E-state index in [1.54, 1.807) is 6.20 Å². The van der Waals surface area contributed by atoms with Gasteiger partial charge in [0.1, 0.15) is 12.2 Å². The van der Waals surface area contributed by atoms with Crippen LogP contribution in [0.1, 0.15) is 37.4 Å². The molecule has 0 amide bonds. The molecule has 1 N–H and O–H groups in total. The Hall–Kier alpha value is -1.69. The van der Waals surface area contributed by atoms with Gasteiger partial charge in [0, 0.05) is 31.9 Å². The highest BCUT2D eigenvalue weighted by Crippen LogP contribution is 2.19. The number of hydrogen-bond donors (Lipinski definition) is 1. The van der Waals surface area contributed by atoms with E-state index in [0.29, 0.717) is 25.9 Å². The quantitative estimate of drug-likeness (QED) is 0.833. The first-order chi connectivity index (χ1) is 10.8. The Bertz CT molecular complexity index is 621. The summed E-state index contributed by atoms with van der Waals surface area (Å²) >= 11 is 0. The molecule has 1 aliphatic rings. The molecule has 1 aliphatic heterocycles. The molecule has 1 aromatic rings. The number of aliphatic carboxylic acids is 1. The van der Waals surface area contributed by atoms with Gasteiger partial charge in [0.25, 0.3) is 5.56 Å². The van der Waals surface area contributed by atoms with E-state index in [1.165, 1.54) is 10.6 Å². The van der Waals surface area contributed by atoms with Crippen molar-refractivity contribution in [3.8, 4) is 0 Å². The van der Waals surface area contributed by atoms with Gasteiger partial charge in [-0.05, 0) is 36.8 Å². The van der Waals surface area contributed by atoms with Crippen LogP contribution < -0.4 is 5.56 Å². The molecule has 6 heteroatoms. The molecule has 1 saturated heterocycles. The largest absolute Gasteiger partial charge is 0.480 e. The zero-order valence-electron chi connectivity index (χ0n) is 14.0. The predicted molar refractivity (Wildman–Crippen MR) is 86.6 cm³/mol. The first-order valence-electron chi connectivity index (χ1n) is 8.08. The lowest BCUT2D eigenvalue weighted by molar-refractivity contribution is -0.141. The summed E-state index contributed by atoms with van der Waals surface area (Å²) in [5.41, 5.74) is 1.52. The van der Waals surface area contributed by atoms with Crippen molar-refractivity contribution in [3.05, 3.63) is 33.7 Å². The van der Waals surface area contributed by atoms with Crippen molar-refractivity contribution < 1.29 is 14.3 Å². The lowest BCUT2D eigenvalue weighted by Gasteiger charge is -2.34. The number of halogens is 1. The van der Waals surface area contributed by atoms with Gasteiger partial charge < -0.3 is 9.67 Å². The number of aromatic nitrogens is 1. The minimum Gasteiger partial charge on any atom is -0.480 e. The van der Waals surface area contributed by atoms with Gasteiger partial charge in [0.15, 0.2) is 0 Å². The monoisotopic (exact) mass is 324 g/mol. The van der Waals surface area contributed by atoms with Gasteiger partial charge in [0.2, 0.25) is 0 Å². The molecule has 2 rings (SSSR count). The standard InChI is InChI=1S/C17H25FN2O3/c1-11(2)6-15(17(22)23)20-8-13(12(3)7-16(20)21)4-5-19-9-14(18)10-19/h7-8,11,14-15H,4-6,9-10H2,1-3H3,(H,22,23). The lowest BCUT2D eigenvalue weighted by atomic mass is 10.0. The third kappa shape index (κ3) is 4.41. The number of carbonyl (C=O) groups is 1. The first kappa shape index (κ1) is 17.7. The summed E-state index contributed by atoms with van der Waals surface area (Å²) in [6.45, 7) is 7.38. The Labute approximate surface area is 135 Å². The molecule has 0 bridgehead atoms.